The van der Waals surface area contributed by atoms with Crippen LogP contribution in [0.15, 0.2) is 52.1 Å². The molecule has 0 saturated carbocycles. The molecule has 0 bridgehead atoms. The number of amides is 1. The number of nitrogens with one attached hydrogen (secondary N) is 1. The minimum atomic E-state index is -0.0498. The Kier molecular flexibility index (Phi) is 7.55. The second-order valence-corrected chi connectivity index (χ2v) is 7.10. The molecular formula is C22H30N4O3. The molecule has 0 unspecified atom stereocenters. The van der Waals surface area contributed by atoms with Gasteiger partial charge in [-0.25, -0.2) is 0 Å². The van der Waals surface area contributed by atoms with Crippen LogP contribution >= 0.6 is 0 Å². The van der Waals surface area contributed by atoms with Gasteiger partial charge in [0.1, 0.15) is 5.75 Å². The summed E-state index contributed by atoms with van der Waals surface area (Å²) in [5.41, 5.74) is 1.24. The van der Waals surface area contributed by atoms with Gasteiger partial charge in [-0.2, -0.15) is 0 Å². The highest BCUT2D eigenvalue weighted by atomic mass is 16.5. The molecule has 3 rings (SSSR count). The Balaban J connectivity index is 1.32. The zero-order chi connectivity index (χ0) is 20.5. The Labute approximate surface area is 172 Å². The molecule has 0 atom stereocenters. The van der Waals surface area contributed by atoms with E-state index in [0.717, 1.165) is 44.2 Å². The first-order chi connectivity index (χ1) is 14.2. The third-order valence-corrected chi connectivity index (χ3v) is 4.95. The van der Waals surface area contributed by atoms with E-state index in [1.807, 2.05) is 17.0 Å². The van der Waals surface area contributed by atoms with Crippen LogP contribution in [0, 0.1) is 6.92 Å². The molecule has 1 aliphatic rings. The fraction of sp³-hybridized carbons (Fsp3) is 0.455. The summed E-state index contributed by atoms with van der Waals surface area (Å²) in [6.07, 6.45) is 3.51. The van der Waals surface area contributed by atoms with Crippen LogP contribution in [0.3, 0.4) is 0 Å². The Hall–Kier alpha value is -2.96. The van der Waals surface area contributed by atoms with Crippen molar-refractivity contribution in [3.63, 3.8) is 0 Å². The van der Waals surface area contributed by atoms with E-state index in [4.69, 9.17) is 9.15 Å². The van der Waals surface area contributed by atoms with Gasteiger partial charge in [-0.3, -0.25) is 9.79 Å². The number of rotatable bonds is 7. The normalized spacial score (nSPS) is 14.8. The molecule has 2 heterocycles. The summed E-state index contributed by atoms with van der Waals surface area (Å²) < 4.78 is 11.0. The number of piperazine rings is 1. The molecule has 0 spiro atoms. The summed E-state index contributed by atoms with van der Waals surface area (Å²) >= 11 is 0. The largest absolute Gasteiger partial charge is 0.494 e. The van der Waals surface area contributed by atoms with Crippen LogP contribution < -0.4 is 10.1 Å². The fourth-order valence-corrected chi connectivity index (χ4v) is 3.26. The average Bonchev–Trinajstić information content (AvgIpc) is 3.29. The number of unbranched alkanes of at least 4 members (excludes halogenated alkanes) is 1. The molecule has 0 radical (unpaired) electrons. The maximum absolute atomic E-state index is 12.4. The number of ether oxygens (including phenoxy) is 1. The molecule has 7 heteroatoms. The number of furan rings is 1. The van der Waals surface area contributed by atoms with Crippen LogP contribution in [0.25, 0.3) is 0 Å². The number of carbonyl (C=O) groups is 1. The van der Waals surface area contributed by atoms with E-state index >= 15 is 0 Å². The van der Waals surface area contributed by atoms with E-state index in [2.05, 4.69) is 34.3 Å². The maximum Gasteiger partial charge on any atom is 0.289 e. The Morgan fingerprint density at radius 1 is 1.10 bits per heavy atom. The molecular weight excluding hydrogens is 368 g/mol. The van der Waals surface area contributed by atoms with Gasteiger partial charge >= 0.3 is 0 Å². The standard InChI is InChI=1S/C22H30N4O3/c1-18-7-9-19(10-8-18)28-16-4-3-11-24-22(23-2)26-14-12-25(13-15-26)21(27)20-6-5-17-29-20/h5-10,17H,3-4,11-16H2,1-2H3,(H,23,24). The first-order valence-electron chi connectivity index (χ1n) is 10.1. The lowest BCUT2D eigenvalue weighted by Gasteiger charge is -2.36. The second kappa shape index (κ2) is 10.5. The monoisotopic (exact) mass is 398 g/mol. The van der Waals surface area contributed by atoms with Crippen LogP contribution in [0.2, 0.25) is 0 Å². The van der Waals surface area contributed by atoms with Crippen LogP contribution in [0.4, 0.5) is 0 Å². The highest BCUT2D eigenvalue weighted by molar-refractivity contribution is 5.91. The topological polar surface area (TPSA) is 70.3 Å². The molecule has 2 aromatic rings. The predicted octanol–water partition coefficient (Wildman–Crippen LogP) is 2.78. The number of benzene rings is 1. The molecule has 29 heavy (non-hydrogen) atoms. The van der Waals surface area contributed by atoms with Crippen LogP contribution in [-0.2, 0) is 0 Å². The van der Waals surface area contributed by atoms with Crippen molar-refractivity contribution in [2.45, 2.75) is 19.8 Å². The number of nitrogens with zero attached hydrogens (tertiary/aromatic N) is 3. The molecule has 1 fully saturated rings. The quantitative estimate of drug-likeness (QED) is 0.441. The average molecular weight is 399 g/mol. The molecule has 1 amide bonds. The number of aryl methyl sites for hydroxylation is 1. The van der Waals surface area contributed by atoms with Gasteiger partial charge in [-0.1, -0.05) is 17.7 Å². The van der Waals surface area contributed by atoms with Gasteiger partial charge in [0.25, 0.3) is 5.91 Å². The zero-order valence-electron chi connectivity index (χ0n) is 17.3. The first-order valence-corrected chi connectivity index (χ1v) is 10.1. The van der Waals surface area contributed by atoms with E-state index in [1.54, 1.807) is 19.2 Å². The smallest absolute Gasteiger partial charge is 0.289 e. The van der Waals surface area contributed by atoms with Gasteiger partial charge < -0.3 is 24.3 Å². The molecule has 1 aromatic carbocycles. The lowest BCUT2D eigenvalue weighted by atomic mass is 10.2. The van der Waals surface area contributed by atoms with Gasteiger partial charge in [0.15, 0.2) is 11.7 Å². The minimum Gasteiger partial charge on any atom is -0.494 e. The van der Waals surface area contributed by atoms with Crippen LogP contribution in [-0.4, -0.2) is 68.0 Å². The third-order valence-electron chi connectivity index (χ3n) is 4.95. The first kappa shape index (κ1) is 20.8. The van der Waals surface area contributed by atoms with E-state index in [9.17, 15) is 4.79 Å². The van der Waals surface area contributed by atoms with E-state index in [-0.39, 0.29) is 5.91 Å². The predicted molar refractivity (Wildman–Crippen MR) is 113 cm³/mol. The van der Waals surface area contributed by atoms with Gasteiger partial charge in [0.2, 0.25) is 0 Å². The van der Waals surface area contributed by atoms with E-state index in [1.165, 1.54) is 11.8 Å². The summed E-state index contributed by atoms with van der Waals surface area (Å²) in [5.74, 6) is 2.15. The summed E-state index contributed by atoms with van der Waals surface area (Å²) in [5, 5.41) is 3.42. The molecule has 156 valence electrons. The summed E-state index contributed by atoms with van der Waals surface area (Å²) in [7, 11) is 1.79. The lowest BCUT2D eigenvalue weighted by Crippen LogP contribution is -2.53. The number of hydrogen-bond donors (Lipinski definition) is 1. The number of aliphatic imine (C=N–C) groups is 1. The van der Waals surface area contributed by atoms with E-state index < -0.39 is 0 Å². The third kappa shape index (κ3) is 6.01. The SMILES string of the molecule is CN=C(NCCCCOc1ccc(C)cc1)N1CCN(C(=O)c2ccco2)CC1. The zero-order valence-corrected chi connectivity index (χ0v) is 17.3. The molecule has 1 N–H and O–H groups in total. The van der Waals surface area contributed by atoms with Gasteiger partial charge in [-0.05, 0) is 44.0 Å². The van der Waals surface area contributed by atoms with Crippen molar-refractivity contribution >= 4 is 11.9 Å². The molecule has 7 nitrogen and oxygen atoms in total. The number of carbonyl (C=O) groups excluding carboxylic acids is 1. The van der Waals surface area contributed by atoms with Crippen LogP contribution in [0.5, 0.6) is 5.75 Å². The summed E-state index contributed by atoms with van der Waals surface area (Å²) in [4.78, 5) is 20.8. The van der Waals surface area contributed by atoms with Crippen molar-refractivity contribution < 1.29 is 13.9 Å². The minimum absolute atomic E-state index is 0.0498. The Morgan fingerprint density at radius 3 is 2.48 bits per heavy atom. The van der Waals surface area contributed by atoms with Gasteiger partial charge in [0.05, 0.1) is 12.9 Å². The highest BCUT2D eigenvalue weighted by Gasteiger charge is 2.24. The fourth-order valence-electron chi connectivity index (χ4n) is 3.26. The summed E-state index contributed by atoms with van der Waals surface area (Å²) in [6.45, 7) is 6.44. The van der Waals surface area contributed by atoms with Crippen LogP contribution in [0.1, 0.15) is 29.0 Å². The number of guanidine groups is 1. The van der Waals surface area contributed by atoms with Crippen molar-refractivity contribution in [3.05, 3.63) is 54.0 Å². The molecule has 0 aliphatic carbocycles. The molecule has 1 aliphatic heterocycles. The number of hydrogen-bond acceptors (Lipinski definition) is 4. The Bertz CT molecular complexity index is 779. The molecule has 1 aromatic heterocycles. The van der Waals surface area contributed by atoms with Crippen molar-refractivity contribution in [2.75, 3.05) is 46.4 Å². The van der Waals surface area contributed by atoms with Crippen molar-refractivity contribution in [2.24, 2.45) is 4.99 Å². The summed E-state index contributed by atoms with van der Waals surface area (Å²) in [6, 6.07) is 11.6. The van der Waals surface area contributed by atoms with Crippen molar-refractivity contribution in [1.29, 1.82) is 0 Å². The lowest BCUT2D eigenvalue weighted by molar-refractivity contribution is 0.0657. The Morgan fingerprint density at radius 2 is 1.83 bits per heavy atom. The van der Waals surface area contributed by atoms with Crippen molar-refractivity contribution in [1.82, 2.24) is 15.1 Å². The second-order valence-electron chi connectivity index (χ2n) is 7.10. The van der Waals surface area contributed by atoms with Gasteiger partial charge in [-0.15, -0.1) is 0 Å². The van der Waals surface area contributed by atoms with Gasteiger partial charge in [0, 0.05) is 39.8 Å². The maximum atomic E-state index is 12.4. The molecule has 1 saturated heterocycles. The van der Waals surface area contributed by atoms with E-state index in [0.29, 0.717) is 25.5 Å². The highest BCUT2D eigenvalue weighted by Crippen LogP contribution is 2.12. The van der Waals surface area contributed by atoms with Crippen molar-refractivity contribution in [3.8, 4) is 5.75 Å².